The van der Waals surface area contributed by atoms with E-state index in [2.05, 4.69) is 0 Å². The third-order valence-corrected chi connectivity index (χ3v) is 23.2. The summed E-state index contributed by atoms with van der Waals surface area (Å²) in [7, 11) is 0. The number of carbonyl (C=O) groups excluding carboxylic acids is 2. The first-order valence-electron chi connectivity index (χ1n) is 9.18. The van der Waals surface area contributed by atoms with E-state index in [0.29, 0.717) is 54.6 Å². The number of halogens is 6. The molecule has 0 spiro atoms. The van der Waals surface area contributed by atoms with Gasteiger partial charge in [-0.25, -0.2) is 0 Å². The van der Waals surface area contributed by atoms with Crippen LogP contribution in [0, 0.1) is 34.9 Å². The molecule has 0 aromatic heterocycles. The molecular weight excluding hydrogens is 651 g/mol. The maximum atomic E-state index is 14.4. The minimum absolute atomic E-state index is 0.439. The number of rotatable bonds is 5. The Labute approximate surface area is 186 Å². The van der Waals surface area contributed by atoms with Gasteiger partial charge < -0.3 is 0 Å². The van der Waals surface area contributed by atoms with E-state index in [1.807, 2.05) is 0 Å². The van der Waals surface area contributed by atoms with E-state index in [1.165, 1.54) is 0 Å². The van der Waals surface area contributed by atoms with E-state index < -0.39 is 76.3 Å². The van der Waals surface area contributed by atoms with Gasteiger partial charge in [0.25, 0.3) is 0 Å². The Kier molecular flexibility index (Phi) is 6.57. The van der Waals surface area contributed by atoms with E-state index in [-0.39, 0.29) is 0 Å². The van der Waals surface area contributed by atoms with E-state index in [1.54, 1.807) is 0 Å². The van der Waals surface area contributed by atoms with Crippen molar-refractivity contribution in [3.05, 3.63) is 89.5 Å². The molecule has 174 valence electrons. The zero-order valence-corrected chi connectivity index (χ0v) is 20.5. The van der Waals surface area contributed by atoms with Gasteiger partial charge in [0.15, 0.2) is 0 Å². The molecule has 3 rings (SSSR count). The van der Waals surface area contributed by atoms with E-state index in [4.69, 9.17) is 5.63 Å². The normalized spacial score (nSPS) is 12.5. The zero-order chi connectivity index (χ0) is 24.6. The zero-order valence-electron chi connectivity index (χ0n) is 17.0. The molecule has 0 unspecified atom stereocenters. The summed E-state index contributed by atoms with van der Waals surface area (Å²) in [5, 5.41) is 0. The van der Waals surface area contributed by atoms with Crippen LogP contribution in [0.4, 0.5) is 26.3 Å². The summed E-state index contributed by atoms with van der Waals surface area (Å²) in [6, 6.07) is 5.03. The second-order valence-corrected chi connectivity index (χ2v) is 21.9. The first-order chi connectivity index (χ1) is 15.3. The molecule has 0 saturated carbocycles. The van der Waals surface area contributed by atoms with Gasteiger partial charge in [-0.2, -0.15) is 0 Å². The van der Waals surface area contributed by atoms with Crippen LogP contribution in [0.1, 0.15) is 13.8 Å². The Bertz CT molecular complexity index is 1070. The predicted molar refractivity (Wildman–Crippen MR) is 107 cm³/mol. The molecule has 4 nitrogen and oxygen atoms in total. The van der Waals surface area contributed by atoms with Crippen molar-refractivity contribution < 1.29 is 41.6 Å². The average molecular weight is 666 g/mol. The molecule has 0 fully saturated rings. The van der Waals surface area contributed by atoms with Gasteiger partial charge >= 0.3 is 186 Å². The van der Waals surface area contributed by atoms with Crippen molar-refractivity contribution in [2.24, 2.45) is 0 Å². The molecule has 0 N–H and O–H groups in total. The molecule has 3 aromatic rings. The number of benzene rings is 3. The van der Waals surface area contributed by atoms with Crippen LogP contribution in [0.25, 0.3) is 0 Å². The van der Waals surface area contributed by atoms with Crippen molar-refractivity contribution in [3.8, 4) is 0 Å². The topological polar surface area (TPSA) is 52.6 Å². The van der Waals surface area contributed by atoms with Crippen LogP contribution < -0.4 is 9.81 Å². The third kappa shape index (κ3) is 4.46. The summed E-state index contributed by atoms with van der Waals surface area (Å²) in [6.07, 6.45) is 0. The van der Waals surface area contributed by atoms with Gasteiger partial charge in [0.1, 0.15) is 0 Å². The van der Waals surface area contributed by atoms with Gasteiger partial charge in [-0.1, -0.05) is 0 Å². The molecule has 33 heavy (non-hydrogen) atoms. The standard InChI is InChI=1S/3C6H3F2.2C2H4O2.Bi/c3*7-5-2-1-3-6(8)4-5;2*1-2(3)4;/h3*2-4H;2*1H3,(H,3,4);/q;;;;;+2/p-2. The third-order valence-electron chi connectivity index (χ3n) is 4.55. The molecule has 0 heterocycles. The van der Waals surface area contributed by atoms with Gasteiger partial charge in [-0.3, -0.25) is 0 Å². The van der Waals surface area contributed by atoms with Crippen molar-refractivity contribution in [3.63, 3.8) is 0 Å². The summed E-state index contributed by atoms with van der Waals surface area (Å²) >= 11 is -7.33. The van der Waals surface area contributed by atoms with Crippen LogP contribution in [0.2, 0.25) is 0 Å². The number of carbonyl (C=O) groups is 2. The molecule has 11 heteroatoms. The molecule has 0 bridgehead atoms. The SMILES string of the molecule is CC(=O)[O][Bi]([O]C(C)=O)([c]1cc(F)cc(F)c1)([c]1cc(F)cc(F)c1)[c]1cc(F)cc(F)c1. The molecule has 0 aliphatic carbocycles. The molecule has 0 aliphatic rings. The average Bonchev–Trinajstić information content (AvgIpc) is 2.64. The van der Waals surface area contributed by atoms with E-state index in [9.17, 15) is 35.9 Å². The molecule has 0 aliphatic heterocycles. The van der Waals surface area contributed by atoms with Crippen LogP contribution in [0.5, 0.6) is 0 Å². The molecule has 0 saturated heterocycles. The second kappa shape index (κ2) is 8.78. The van der Waals surface area contributed by atoms with Crippen LogP contribution in [0.15, 0.2) is 54.6 Å². The Morgan fingerprint density at radius 1 is 0.515 bits per heavy atom. The van der Waals surface area contributed by atoms with Gasteiger partial charge in [-0.05, 0) is 0 Å². The van der Waals surface area contributed by atoms with Crippen molar-refractivity contribution in [2.45, 2.75) is 13.8 Å². The summed E-state index contributed by atoms with van der Waals surface area (Å²) in [4.78, 5) is 24.7. The number of hydrogen-bond donors (Lipinski definition) is 0. The monoisotopic (exact) mass is 666 g/mol. The molecule has 3 aromatic carbocycles. The van der Waals surface area contributed by atoms with Crippen LogP contribution in [0.3, 0.4) is 0 Å². The van der Waals surface area contributed by atoms with Crippen molar-refractivity contribution in [1.82, 2.24) is 0 Å². The number of hydrogen-bond acceptors (Lipinski definition) is 4. The first kappa shape index (κ1) is 24.7. The fraction of sp³-hybridized carbons (Fsp3) is 0.0909. The van der Waals surface area contributed by atoms with E-state index in [0.717, 1.165) is 13.8 Å². The molecule has 0 radical (unpaired) electrons. The quantitative estimate of drug-likeness (QED) is 0.311. The Morgan fingerprint density at radius 3 is 0.909 bits per heavy atom. The fourth-order valence-corrected chi connectivity index (χ4v) is 21.8. The van der Waals surface area contributed by atoms with Gasteiger partial charge in [0.2, 0.25) is 0 Å². The van der Waals surface area contributed by atoms with Crippen LogP contribution >= 0.6 is 0 Å². The van der Waals surface area contributed by atoms with Crippen molar-refractivity contribution in [2.75, 3.05) is 0 Å². The van der Waals surface area contributed by atoms with Crippen molar-refractivity contribution >= 4 is 41.4 Å². The summed E-state index contributed by atoms with van der Waals surface area (Å²) in [5.41, 5.74) is 0. The van der Waals surface area contributed by atoms with Gasteiger partial charge in [0, 0.05) is 0 Å². The first-order valence-corrected chi connectivity index (χ1v) is 17.2. The maximum absolute atomic E-state index is 14.4. The minimum atomic E-state index is -7.33. The Balaban J connectivity index is 2.73. The Morgan fingerprint density at radius 2 is 0.727 bits per heavy atom. The second-order valence-electron chi connectivity index (χ2n) is 7.01. The Hall–Kier alpha value is -2.94. The predicted octanol–water partition coefficient (Wildman–Crippen LogP) is 3.07. The van der Waals surface area contributed by atoms with Crippen LogP contribution in [-0.4, -0.2) is 31.6 Å². The molecule has 0 amide bonds. The van der Waals surface area contributed by atoms with Crippen molar-refractivity contribution in [1.29, 1.82) is 0 Å². The van der Waals surface area contributed by atoms with Gasteiger partial charge in [0.05, 0.1) is 0 Å². The van der Waals surface area contributed by atoms with E-state index >= 15 is 0 Å². The van der Waals surface area contributed by atoms with Crippen LogP contribution in [-0.2, 0) is 15.2 Å². The summed E-state index contributed by atoms with van der Waals surface area (Å²) < 4.78 is 95.4. The van der Waals surface area contributed by atoms with Gasteiger partial charge in [-0.15, -0.1) is 0 Å². The molecule has 0 atom stereocenters. The summed E-state index contributed by atoms with van der Waals surface area (Å²) in [6.45, 7) is 1.66. The summed E-state index contributed by atoms with van der Waals surface area (Å²) in [5.74, 6) is -9.83. The molecular formula is C22H15BiF6O4. The fourth-order valence-electron chi connectivity index (χ4n) is 3.59.